The standard InChI is InChI=1S/C21H17ClFNO6S/c1-11(20(26)27)30-16-7-6-12(8-17(16)29-2)9-18-19(25)24(21(28)31-18)10-13-14(22)4-3-5-15(13)23/h3-9,11H,10H2,1-2H3,(H,26,27)/p-1. The summed E-state index contributed by atoms with van der Waals surface area (Å²) in [6, 6.07) is 8.69. The number of thioether (sulfide) groups is 1. The second-order valence-electron chi connectivity index (χ2n) is 6.46. The van der Waals surface area contributed by atoms with E-state index in [-0.39, 0.29) is 33.5 Å². The molecular formula is C21H16ClFNO6S-. The zero-order valence-electron chi connectivity index (χ0n) is 16.4. The lowest BCUT2D eigenvalue weighted by Crippen LogP contribution is -2.37. The Morgan fingerprint density at radius 3 is 2.68 bits per heavy atom. The molecule has 0 radical (unpaired) electrons. The zero-order valence-corrected chi connectivity index (χ0v) is 18.0. The lowest BCUT2D eigenvalue weighted by atomic mass is 10.1. The first-order valence-corrected chi connectivity index (χ1v) is 10.1. The van der Waals surface area contributed by atoms with Crippen molar-refractivity contribution in [1.29, 1.82) is 0 Å². The number of methoxy groups -OCH3 is 1. The molecule has 0 N–H and O–H groups in total. The summed E-state index contributed by atoms with van der Waals surface area (Å²) in [5.74, 6) is -2.16. The molecule has 0 aliphatic carbocycles. The van der Waals surface area contributed by atoms with Gasteiger partial charge in [0.1, 0.15) is 11.9 Å². The molecule has 2 aromatic rings. The third kappa shape index (κ3) is 5.00. The minimum Gasteiger partial charge on any atom is -0.546 e. The van der Waals surface area contributed by atoms with Crippen LogP contribution >= 0.6 is 23.4 Å². The number of carbonyl (C=O) groups is 3. The number of nitrogens with zero attached hydrogens (tertiary/aromatic N) is 1. The minimum absolute atomic E-state index is 0.0536. The molecule has 3 rings (SSSR count). The predicted octanol–water partition coefficient (Wildman–Crippen LogP) is 3.24. The summed E-state index contributed by atoms with van der Waals surface area (Å²) in [5, 5.41) is 10.4. The van der Waals surface area contributed by atoms with Crippen molar-refractivity contribution in [3.63, 3.8) is 0 Å². The Morgan fingerprint density at radius 1 is 1.29 bits per heavy atom. The van der Waals surface area contributed by atoms with Crippen molar-refractivity contribution in [3.8, 4) is 11.5 Å². The summed E-state index contributed by atoms with van der Waals surface area (Å²) in [5.41, 5.74) is 0.567. The summed E-state index contributed by atoms with van der Waals surface area (Å²) in [4.78, 5) is 37.0. The third-order valence-electron chi connectivity index (χ3n) is 4.37. The van der Waals surface area contributed by atoms with E-state index in [2.05, 4.69) is 0 Å². The van der Waals surface area contributed by atoms with E-state index >= 15 is 0 Å². The highest BCUT2D eigenvalue weighted by Crippen LogP contribution is 2.36. The maximum Gasteiger partial charge on any atom is 0.293 e. The molecule has 2 aromatic carbocycles. The number of halogens is 2. The largest absolute Gasteiger partial charge is 0.546 e. The number of ether oxygens (including phenoxy) is 2. The van der Waals surface area contributed by atoms with E-state index in [0.29, 0.717) is 17.3 Å². The van der Waals surface area contributed by atoms with Gasteiger partial charge in [0.15, 0.2) is 11.5 Å². The van der Waals surface area contributed by atoms with Gasteiger partial charge in [-0.05, 0) is 54.6 Å². The number of imide groups is 1. The fourth-order valence-electron chi connectivity index (χ4n) is 2.74. The molecule has 1 aliphatic heterocycles. The van der Waals surface area contributed by atoms with Crippen LogP contribution in [0.5, 0.6) is 11.5 Å². The number of hydrogen-bond donors (Lipinski definition) is 0. The zero-order chi connectivity index (χ0) is 22.7. The molecule has 0 saturated carbocycles. The first-order chi connectivity index (χ1) is 14.7. The molecule has 1 saturated heterocycles. The first-order valence-electron chi connectivity index (χ1n) is 8.95. The first kappa shape index (κ1) is 22.6. The van der Waals surface area contributed by atoms with Crippen LogP contribution in [0.3, 0.4) is 0 Å². The molecule has 1 heterocycles. The van der Waals surface area contributed by atoms with Crippen LogP contribution < -0.4 is 14.6 Å². The fraction of sp³-hybridized carbons (Fsp3) is 0.190. The van der Waals surface area contributed by atoms with E-state index in [1.807, 2.05) is 0 Å². The maximum atomic E-state index is 14.0. The Balaban J connectivity index is 1.83. The molecular weight excluding hydrogens is 449 g/mol. The quantitative estimate of drug-likeness (QED) is 0.580. The van der Waals surface area contributed by atoms with Gasteiger partial charge >= 0.3 is 0 Å². The molecule has 162 valence electrons. The van der Waals surface area contributed by atoms with Crippen molar-refractivity contribution in [2.45, 2.75) is 19.6 Å². The molecule has 31 heavy (non-hydrogen) atoms. The number of hydrogen-bond acceptors (Lipinski definition) is 7. The van der Waals surface area contributed by atoms with Gasteiger partial charge in [-0.15, -0.1) is 0 Å². The fourth-order valence-corrected chi connectivity index (χ4v) is 3.80. The van der Waals surface area contributed by atoms with Gasteiger partial charge in [0.2, 0.25) is 0 Å². The molecule has 7 nitrogen and oxygen atoms in total. The molecule has 1 atom stereocenters. The summed E-state index contributed by atoms with van der Waals surface area (Å²) in [6.45, 7) is 1.03. The smallest absolute Gasteiger partial charge is 0.293 e. The van der Waals surface area contributed by atoms with Gasteiger partial charge in [-0.25, -0.2) is 4.39 Å². The average molecular weight is 465 g/mol. The van der Waals surface area contributed by atoms with Crippen molar-refractivity contribution in [1.82, 2.24) is 4.90 Å². The lowest BCUT2D eigenvalue weighted by Gasteiger charge is -2.17. The molecule has 10 heteroatoms. The Kier molecular flexibility index (Phi) is 6.87. The Morgan fingerprint density at radius 2 is 2.03 bits per heavy atom. The number of carbonyl (C=O) groups excluding carboxylic acids is 3. The second-order valence-corrected chi connectivity index (χ2v) is 7.86. The van der Waals surface area contributed by atoms with E-state index in [0.717, 1.165) is 4.90 Å². The van der Waals surface area contributed by atoms with Gasteiger partial charge in [-0.1, -0.05) is 23.7 Å². The molecule has 0 bridgehead atoms. The van der Waals surface area contributed by atoms with E-state index < -0.39 is 29.0 Å². The van der Waals surface area contributed by atoms with Gasteiger partial charge < -0.3 is 19.4 Å². The van der Waals surface area contributed by atoms with Crippen LogP contribution in [0.25, 0.3) is 6.08 Å². The molecule has 0 spiro atoms. The van der Waals surface area contributed by atoms with Gasteiger partial charge in [0.05, 0.1) is 24.5 Å². The summed E-state index contributed by atoms with van der Waals surface area (Å²) in [7, 11) is 1.38. The van der Waals surface area contributed by atoms with E-state index in [9.17, 15) is 23.9 Å². The Labute approximate surface area is 186 Å². The van der Waals surface area contributed by atoms with Crippen molar-refractivity contribution >= 4 is 46.6 Å². The van der Waals surface area contributed by atoms with Gasteiger partial charge in [0.25, 0.3) is 11.1 Å². The molecule has 1 fully saturated rings. The normalized spacial score (nSPS) is 16.0. The highest BCUT2D eigenvalue weighted by atomic mass is 35.5. The number of aliphatic carboxylic acids is 1. The van der Waals surface area contributed by atoms with E-state index in [1.165, 1.54) is 50.4 Å². The number of carboxylic acids is 1. The van der Waals surface area contributed by atoms with E-state index in [4.69, 9.17) is 21.1 Å². The summed E-state index contributed by atoms with van der Waals surface area (Å²) in [6.07, 6.45) is 0.281. The van der Waals surface area contributed by atoms with Crippen molar-refractivity contribution in [2.75, 3.05) is 7.11 Å². The van der Waals surface area contributed by atoms with Crippen molar-refractivity contribution in [2.24, 2.45) is 0 Å². The van der Waals surface area contributed by atoms with Crippen LogP contribution in [0, 0.1) is 5.82 Å². The van der Waals surface area contributed by atoms with Crippen LogP contribution in [0.15, 0.2) is 41.3 Å². The van der Waals surface area contributed by atoms with Crippen LogP contribution in [0.4, 0.5) is 9.18 Å². The number of amides is 2. The Hall–Kier alpha value is -3.04. The second kappa shape index (κ2) is 9.40. The monoisotopic (exact) mass is 464 g/mol. The topological polar surface area (TPSA) is 96.0 Å². The minimum atomic E-state index is -1.38. The van der Waals surface area contributed by atoms with Crippen LogP contribution in [0.2, 0.25) is 5.02 Å². The molecule has 0 aromatic heterocycles. The van der Waals surface area contributed by atoms with Crippen LogP contribution in [0.1, 0.15) is 18.1 Å². The highest BCUT2D eigenvalue weighted by molar-refractivity contribution is 8.18. The molecule has 1 aliphatic rings. The number of carboxylic acid groups (broad SMARTS) is 1. The molecule has 2 amide bonds. The van der Waals surface area contributed by atoms with Gasteiger partial charge in [-0.2, -0.15) is 0 Å². The number of benzene rings is 2. The van der Waals surface area contributed by atoms with E-state index in [1.54, 1.807) is 6.07 Å². The molecule has 1 unspecified atom stereocenters. The Bertz CT molecular complexity index is 1070. The number of rotatable bonds is 7. The summed E-state index contributed by atoms with van der Waals surface area (Å²) >= 11 is 6.71. The van der Waals surface area contributed by atoms with Gasteiger partial charge in [-0.3, -0.25) is 14.5 Å². The SMILES string of the molecule is COc1cc(C=C2SC(=O)N(Cc3c(F)cccc3Cl)C2=O)ccc1OC(C)C(=O)[O-]. The summed E-state index contributed by atoms with van der Waals surface area (Å²) < 4.78 is 24.5. The average Bonchev–Trinajstić information content (AvgIpc) is 2.98. The predicted molar refractivity (Wildman–Crippen MR) is 111 cm³/mol. The van der Waals surface area contributed by atoms with Crippen molar-refractivity contribution < 1.29 is 33.4 Å². The highest BCUT2D eigenvalue weighted by Gasteiger charge is 2.36. The van der Waals surface area contributed by atoms with Gasteiger partial charge in [0, 0.05) is 10.6 Å². The van der Waals surface area contributed by atoms with Crippen molar-refractivity contribution in [3.05, 3.63) is 63.3 Å². The lowest BCUT2D eigenvalue weighted by molar-refractivity contribution is -0.312. The third-order valence-corrected chi connectivity index (χ3v) is 5.63. The van der Waals surface area contributed by atoms with Crippen LogP contribution in [-0.2, 0) is 16.1 Å². The maximum absolute atomic E-state index is 14.0. The van der Waals surface area contributed by atoms with Crippen LogP contribution in [-0.4, -0.2) is 35.2 Å².